The average molecular weight is 409 g/mol. The van der Waals surface area contributed by atoms with Crippen molar-refractivity contribution in [2.24, 2.45) is 0 Å². The Morgan fingerprint density at radius 2 is 1.35 bits per heavy atom. The highest BCUT2D eigenvalue weighted by atomic mass is 16.2. The zero-order valence-electron chi connectivity index (χ0n) is 17.6. The van der Waals surface area contributed by atoms with Gasteiger partial charge in [-0.2, -0.15) is 0 Å². The zero-order valence-corrected chi connectivity index (χ0v) is 17.6. The Hall–Kier alpha value is -3.99. The number of hydrogen-bond donors (Lipinski definition) is 2. The first kappa shape index (κ1) is 20.3. The zero-order chi connectivity index (χ0) is 21.6. The molecule has 2 N–H and O–H groups in total. The molecule has 0 radical (unpaired) electrons. The minimum absolute atomic E-state index is 0.129. The van der Waals surface area contributed by atoms with Gasteiger partial charge in [0.05, 0.1) is 17.9 Å². The Kier molecular flexibility index (Phi) is 6.03. The predicted molar refractivity (Wildman–Crippen MR) is 126 cm³/mol. The van der Waals surface area contributed by atoms with Gasteiger partial charge in [-0.05, 0) is 37.1 Å². The average Bonchev–Trinajstić information content (AvgIpc) is 2.81. The third-order valence-corrected chi connectivity index (χ3v) is 5.16. The lowest BCUT2D eigenvalue weighted by molar-refractivity contribution is -0.114. The van der Waals surface area contributed by atoms with Crippen LogP contribution >= 0.6 is 0 Å². The van der Waals surface area contributed by atoms with E-state index in [1.165, 1.54) is 5.56 Å². The molecule has 5 heteroatoms. The molecule has 0 bridgehead atoms. The standard InChI is InChI=1S/C26H24N4O/c1-18-10-9-15-22(19(18)2)27-17-25(31)30-26-28-23(20-11-5-3-6-12-20)16-24(29-26)21-13-7-4-8-14-21/h3-16,27H,17H2,1-2H3,(H,28,29,30,31). The lowest BCUT2D eigenvalue weighted by atomic mass is 10.1. The fourth-order valence-corrected chi connectivity index (χ4v) is 3.30. The molecule has 5 nitrogen and oxygen atoms in total. The summed E-state index contributed by atoms with van der Waals surface area (Å²) in [5.41, 5.74) is 6.69. The monoisotopic (exact) mass is 408 g/mol. The Labute approximate surface area is 182 Å². The number of nitrogens with zero attached hydrogens (tertiary/aromatic N) is 2. The van der Waals surface area contributed by atoms with Gasteiger partial charge in [-0.1, -0.05) is 72.8 Å². The number of nitrogens with one attached hydrogen (secondary N) is 2. The maximum Gasteiger partial charge on any atom is 0.246 e. The van der Waals surface area contributed by atoms with E-state index in [0.29, 0.717) is 0 Å². The van der Waals surface area contributed by atoms with Gasteiger partial charge in [0.15, 0.2) is 0 Å². The largest absolute Gasteiger partial charge is 0.376 e. The molecule has 0 aliphatic rings. The van der Waals surface area contributed by atoms with Crippen LogP contribution in [0, 0.1) is 13.8 Å². The molecule has 0 unspecified atom stereocenters. The van der Waals surface area contributed by atoms with Crippen LogP contribution in [0.3, 0.4) is 0 Å². The van der Waals surface area contributed by atoms with Gasteiger partial charge in [0.1, 0.15) is 0 Å². The number of benzene rings is 3. The van der Waals surface area contributed by atoms with E-state index < -0.39 is 0 Å². The molecule has 0 aliphatic heterocycles. The highest BCUT2D eigenvalue weighted by molar-refractivity contribution is 5.92. The second-order valence-electron chi connectivity index (χ2n) is 7.34. The summed E-state index contributed by atoms with van der Waals surface area (Å²) in [7, 11) is 0. The van der Waals surface area contributed by atoms with Crippen LogP contribution in [0.5, 0.6) is 0 Å². The summed E-state index contributed by atoms with van der Waals surface area (Å²) in [6.07, 6.45) is 0. The van der Waals surface area contributed by atoms with Gasteiger partial charge in [0.2, 0.25) is 11.9 Å². The summed E-state index contributed by atoms with van der Waals surface area (Å²) < 4.78 is 0. The van der Waals surface area contributed by atoms with Gasteiger partial charge in [-0.15, -0.1) is 0 Å². The molecule has 4 rings (SSSR count). The molecule has 4 aromatic rings. The number of carbonyl (C=O) groups excluding carboxylic acids is 1. The lowest BCUT2D eigenvalue weighted by Gasteiger charge is -2.12. The molecule has 0 saturated carbocycles. The quantitative estimate of drug-likeness (QED) is 0.443. The molecule has 1 heterocycles. The minimum atomic E-state index is -0.204. The van der Waals surface area contributed by atoms with Gasteiger partial charge < -0.3 is 5.32 Å². The Balaban J connectivity index is 1.58. The van der Waals surface area contributed by atoms with Gasteiger partial charge >= 0.3 is 0 Å². The normalized spacial score (nSPS) is 10.5. The second-order valence-corrected chi connectivity index (χ2v) is 7.34. The highest BCUT2D eigenvalue weighted by Crippen LogP contribution is 2.25. The van der Waals surface area contributed by atoms with E-state index in [1.807, 2.05) is 85.8 Å². The van der Waals surface area contributed by atoms with Crippen LogP contribution in [0.25, 0.3) is 22.5 Å². The van der Waals surface area contributed by atoms with E-state index in [-0.39, 0.29) is 18.4 Å². The molecule has 0 fully saturated rings. The van der Waals surface area contributed by atoms with E-state index in [1.54, 1.807) is 0 Å². The van der Waals surface area contributed by atoms with E-state index in [4.69, 9.17) is 0 Å². The molecular formula is C26H24N4O. The van der Waals surface area contributed by atoms with Crippen LogP contribution in [-0.4, -0.2) is 22.4 Å². The molecule has 31 heavy (non-hydrogen) atoms. The van der Waals surface area contributed by atoms with Crippen molar-refractivity contribution in [3.05, 3.63) is 96.1 Å². The molecule has 1 amide bonds. The molecule has 154 valence electrons. The second kappa shape index (κ2) is 9.22. The van der Waals surface area contributed by atoms with Crippen molar-refractivity contribution in [1.82, 2.24) is 9.97 Å². The summed E-state index contributed by atoms with van der Waals surface area (Å²) in [6.45, 7) is 4.21. The molecule has 0 saturated heterocycles. The topological polar surface area (TPSA) is 66.9 Å². The van der Waals surface area contributed by atoms with Crippen LogP contribution in [-0.2, 0) is 4.79 Å². The number of carbonyl (C=O) groups is 1. The number of anilines is 2. The molecular weight excluding hydrogens is 384 g/mol. The number of rotatable bonds is 6. The van der Waals surface area contributed by atoms with Gasteiger partial charge in [-0.3, -0.25) is 10.1 Å². The first-order valence-corrected chi connectivity index (χ1v) is 10.2. The van der Waals surface area contributed by atoms with Gasteiger partial charge in [0, 0.05) is 16.8 Å². The molecule has 1 aromatic heterocycles. The highest BCUT2D eigenvalue weighted by Gasteiger charge is 2.11. The van der Waals surface area contributed by atoms with Crippen LogP contribution in [0.15, 0.2) is 84.9 Å². The fourth-order valence-electron chi connectivity index (χ4n) is 3.30. The van der Waals surface area contributed by atoms with E-state index >= 15 is 0 Å². The number of amides is 1. The van der Waals surface area contributed by atoms with Crippen molar-refractivity contribution in [2.75, 3.05) is 17.2 Å². The molecule has 3 aromatic carbocycles. The van der Waals surface area contributed by atoms with Gasteiger partial charge in [0.25, 0.3) is 0 Å². The van der Waals surface area contributed by atoms with Crippen molar-refractivity contribution in [3.8, 4) is 22.5 Å². The number of aryl methyl sites for hydroxylation is 1. The Morgan fingerprint density at radius 3 is 1.94 bits per heavy atom. The van der Waals surface area contributed by atoms with Crippen LogP contribution in [0.2, 0.25) is 0 Å². The van der Waals surface area contributed by atoms with Crippen LogP contribution < -0.4 is 10.6 Å². The smallest absolute Gasteiger partial charge is 0.246 e. The predicted octanol–water partition coefficient (Wildman–Crippen LogP) is 5.48. The Morgan fingerprint density at radius 1 is 0.774 bits per heavy atom. The lowest BCUT2D eigenvalue weighted by Crippen LogP contribution is -2.23. The number of hydrogen-bond acceptors (Lipinski definition) is 4. The fraction of sp³-hybridized carbons (Fsp3) is 0.115. The number of aromatic nitrogens is 2. The third-order valence-electron chi connectivity index (χ3n) is 5.16. The summed E-state index contributed by atoms with van der Waals surface area (Å²) in [5, 5.41) is 6.04. The third kappa shape index (κ3) is 4.95. The summed E-state index contributed by atoms with van der Waals surface area (Å²) >= 11 is 0. The van der Waals surface area contributed by atoms with Crippen molar-refractivity contribution in [2.45, 2.75) is 13.8 Å². The maximum absolute atomic E-state index is 12.6. The Bertz CT molecular complexity index is 1130. The van der Waals surface area contributed by atoms with Crippen molar-refractivity contribution < 1.29 is 4.79 Å². The van der Waals surface area contributed by atoms with Gasteiger partial charge in [-0.25, -0.2) is 9.97 Å². The first-order chi connectivity index (χ1) is 15.1. The van der Waals surface area contributed by atoms with Crippen molar-refractivity contribution in [3.63, 3.8) is 0 Å². The van der Waals surface area contributed by atoms with E-state index in [2.05, 4.69) is 33.6 Å². The maximum atomic E-state index is 12.6. The van der Waals surface area contributed by atoms with Crippen LogP contribution in [0.1, 0.15) is 11.1 Å². The van der Waals surface area contributed by atoms with E-state index in [0.717, 1.165) is 33.8 Å². The van der Waals surface area contributed by atoms with E-state index in [9.17, 15) is 4.79 Å². The summed E-state index contributed by atoms with van der Waals surface area (Å²) in [6, 6.07) is 27.7. The van der Waals surface area contributed by atoms with Crippen molar-refractivity contribution in [1.29, 1.82) is 0 Å². The van der Waals surface area contributed by atoms with Crippen molar-refractivity contribution >= 4 is 17.5 Å². The minimum Gasteiger partial charge on any atom is -0.376 e. The van der Waals surface area contributed by atoms with Crippen LogP contribution in [0.4, 0.5) is 11.6 Å². The SMILES string of the molecule is Cc1cccc(NCC(=O)Nc2nc(-c3ccccc3)cc(-c3ccccc3)n2)c1C. The first-order valence-electron chi connectivity index (χ1n) is 10.2. The molecule has 0 aliphatic carbocycles. The summed E-state index contributed by atoms with van der Waals surface area (Å²) in [4.78, 5) is 21.8. The summed E-state index contributed by atoms with van der Waals surface area (Å²) in [5.74, 6) is 0.0816. The molecule has 0 spiro atoms. The molecule has 0 atom stereocenters.